The lowest BCUT2D eigenvalue weighted by Gasteiger charge is -2.02. The van der Waals surface area contributed by atoms with Gasteiger partial charge in [0, 0.05) is 21.9 Å². The number of anilines is 1. The van der Waals surface area contributed by atoms with Crippen LogP contribution in [-0.4, -0.2) is 9.38 Å². The molecule has 0 unspecified atom stereocenters. The van der Waals surface area contributed by atoms with Gasteiger partial charge in [-0.05, 0) is 24.3 Å². The molecule has 84 valence electrons. The van der Waals surface area contributed by atoms with E-state index in [0.717, 1.165) is 27.1 Å². The van der Waals surface area contributed by atoms with Crippen molar-refractivity contribution in [2.75, 3.05) is 5.73 Å². The van der Waals surface area contributed by atoms with E-state index in [4.69, 9.17) is 5.73 Å². The van der Waals surface area contributed by atoms with E-state index in [1.54, 1.807) is 0 Å². The summed E-state index contributed by atoms with van der Waals surface area (Å²) in [7, 11) is 0. The van der Waals surface area contributed by atoms with Gasteiger partial charge in [0.25, 0.3) is 0 Å². The highest BCUT2D eigenvalue weighted by atomic mass is 79.9. The summed E-state index contributed by atoms with van der Waals surface area (Å²) in [5.41, 5.74) is 8.58. The van der Waals surface area contributed by atoms with Crippen LogP contribution in [0, 0.1) is 0 Å². The van der Waals surface area contributed by atoms with Crippen LogP contribution in [0.25, 0.3) is 16.9 Å². The Labute approximate surface area is 107 Å². The van der Waals surface area contributed by atoms with E-state index in [1.165, 1.54) is 0 Å². The van der Waals surface area contributed by atoms with E-state index in [2.05, 4.69) is 20.9 Å². The molecule has 3 nitrogen and oxygen atoms in total. The third-order valence-electron chi connectivity index (χ3n) is 2.66. The Hall–Kier alpha value is -1.81. The molecule has 0 atom stereocenters. The molecule has 2 aromatic heterocycles. The molecule has 0 aliphatic rings. The van der Waals surface area contributed by atoms with Crippen LogP contribution in [0.1, 0.15) is 0 Å². The van der Waals surface area contributed by atoms with Crippen LogP contribution in [0.4, 0.5) is 5.69 Å². The zero-order valence-corrected chi connectivity index (χ0v) is 10.6. The quantitative estimate of drug-likeness (QED) is 0.746. The second kappa shape index (κ2) is 3.89. The number of hydrogen-bond donors (Lipinski definition) is 1. The number of rotatable bonds is 1. The van der Waals surface area contributed by atoms with Crippen LogP contribution < -0.4 is 5.73 Å². The summed E-state index contributed by atoms with van der Waals surface area (Å²) in [5, 5.41) is 0. The number of halogens is 1. The molecule has 0 fully saturated rings. The average Bonchev–Trinajstić information content (AvgIpc) is 2.73. The second-order valence-corrected chi connectivity index (χ2v) is 4.76. The van der Waals surface area contributed by atoms with Crippen LogP contribution >= 0.6 is 15.9 Å². The molecule has 17 heavy (non-hydrogen) atoms. The molecule has 4 heteroatoms. The van der Waals surface area contributed by atoms with Gasteiger partial charge in [0.1, 0.15) is 5.82 Å². The largest absolute Gasteiger partial charge is 0.399 e. The Kier molecular flexibility index (Phi) is 2.37. The molecule has 0 bridgehead atoms. The van der Waals surface area contributed by atoms with Crippen molar-refractivity contribution in [1.29, 1.82) is 0 Å². The number of fused-ring (bicyclic) bond motifs is 1. The van der Waals surface area contributed by atoms with Crippen LogP contribution in [0.3, 0.4) is 0 Å². The topological polar surface area (TPSA) is 43.3 Å². The third-order valence-corrected chi connectivity index (χ3v) is 3.19. The molecule has 1 aromatic carbocycles. The van der Waals surface area contributed by atoms with Crippen molar-refractivity contribution in [3.8, 4) is 11.4 Å². The van der Waals surface area contributed by atoms with Crippen molar-refractivity contribution in [2.24, 2.45) is 0 Å². The van der Waals surface area contributed by atoms with Crippen molar-refractivity contribution in [3.63, 3.8) is 0 Å². The van der Waals surface area contributed by atoms with Crippen molar-refractivity contribution in [1.82, 2.24) is 9.38 Å². The third kappa shape index (κ3) is 1.80. The van der Waals surface area contributed by atoms with Crippen LogP contribution in [-0.2, 0) is 0 Å². The summed E-state index contributed by atoms with van der Waals surface area (Å²) in [6, 6.07) is 11.9. The molecule has 0 amide bonds. The zero-order valence-electron chi connectivity index (χ0n) is 8.97. The molecule has 0 aliphatic carbocycles. The lowest BCUT2D eigenvalue weighted by molar-refractivity contribution is 1.16. The van der Waals surface area contributed by atoms with E-state index >= 15 is 0 Å². The summed E-state index contributed by atoms with van der Waals surface area (Å²) < 4.78 is 3.09. The number of imidazole rings is 1. The van der Waals surface area contributed by atoms with E-state index in [1.807, 2.05) is 53.2 Å². The Morgan fingerprint density at radius 3 is 2.65 bits per heavy atom. The fraction of sp³-hybridized carbons (Fsp3) is 0. The Balaban J connectivity index is 2.21. The molecule has 0 saturated carbocycles. The van der Waals surface area contributed by atoms with Crippen molar-refractivity contribution in [3.05, 3.63) is 53.3 Å². The first-order chi connectivity index (χ1) is 8.24. The predicted molar refractivity (Wildman–Crippen MR) is 72.7 cm³/mol. The summed E-state index contributed by atoms with van der Waals surface area (Å²) >= 11 is 3.42. The Morgan fingerprint density at radius 1 is 1.12 bits per heavy atom. The lowest BCUT2D eigenvalue weighted by atomic mass is 10.2. The number of nitrogen functional groups attached to an aromatic ring is 1. The van der Waals surface area contributed by atoms with Gasteiger partial charge in [-0.1, -0.05) is 28.1 Å². The first-order valence-electron chi connectivity index (χ1n) is 5.22. The number of nitrogens with two attached hydrogens (primary N) is 1. The van der Waals surface area contributed by atoms with Crippen molar-refractivity contribution < 1.29 is 0 Å². The fourth-order valence-corrected chi connectivity index (χ4v) is 2.09. The van der Waals surface area contributed by atoms with Gasteiger partial charge in [-0.2, -0.15) is 0 Å². The predicted octanol–water partition coefficient (Wildman–Crippen LogP) is 3.35. The zero-order chi connectivity index (χ0) is 11.8. The number of hydrogen-bond acceptors (Lipinski definition) is 2. The minimum absolute atomic E-state index is 0.750. The maximum absolute atomic E-state index is 5.74. The van der Waals surface area contributed by atoms with Gasteiger partial charge in [-0.25, -0.2) is 4.98 Å². The molecule has 0 spiro atoms. The van der Waals surface area contributed by atoms with Gasteiger partial charge in [-0.15, -0.1) is 0 Å². The fourth-order valence-electron chi connectivity index (χ4n) is 1.83. The minimum atomic E-state index is 0.750. The highest BCUT2D eigenvalue weighted by molar-refractivity contribution is 9.10. The van der Waals surface area contributed by atoms with Gasteiger partial charge in [0.15, 0.2) is 0 Å². The maximum Gasteiger partial charge on any atom is 0.144 e. The number of nitrogens with zero attached hydrogens (tertiary/aromatic N) is 2. The van der Waals surface area contributed by atoms with E-state index in [0.29, 0.717) is 0 Å². The SMILES string of the molecule is Nc1ccn2c(-c3ccc(Br)cc3)ncc2c1. The molecule has 2 heterocycles. The summed E-state index contributed by atoms with van der Waals surface area (Å²) in [4.78, 5) is 4.43. The van der Waals surface area contributed by atoms with Gasteiger partial charge in [0.05, 0.1) is 11.7 Å². The van der Waals surface area contributed by atoms with E-state index < -0.39 is 0 Å². The Bertz CT molecular complexity index is 671. The molecular weight excluding hydrogens is 278 g/mol. The van der Waals surface area contributed by atoms with Crippen molar-refractivity contribution in [2.45, 2.75) is 0 Å². The molecule has 0 aliphatic heterocycles. The summed E-state index contributed by atoms with van der Waals surface area (Å²) in [5.74, 6) is 0.924. The lowest BCUT2D eigenvalue weighted by Crippen LogP contribution is -1.91. The molecule has 3 aromatic rings. The first kappa shape index (κ1) is 10.4. The Morgan fingerprint density at radius 2 is 1.88 bits per heavy atom. The normalized spacial score (nSPS) is 10.9. The van der Waals surface area contributed by atoms with Crippen molar-refractivity contribution >= 4 is 27.1 Å². The standard InChI is InChI=1S/C13H10BrN3/c14-10-3-1-9(2-4-10)13-16-8-12-7-11(15)5-6-17(12)13/h1-8H,15H2. The highest BCUT2D eigenvalue weighted by Gasteiger charge is 2.05. The number of benzene rings is 1. The van der Waals surface area contributed by atoms with Crippen LogP contribution in [0.2, 0.25) is 0 Å². The average molecular weight is 288 g/mol. The molecule has 2 N–H and O–H groups in total. The van der Waals surface area contributed by atoms with Crippen LogP contribution in [0.5, 0.6) is 0 Å². The summed E-state index contributed by atoms with van der Waals surface area (Å²) in [6.07, 6.45) is 3.77. The number of aromatic nitrogens is 2. The minimum Gasteiger partial charge on any atom is -0.399 e. The van der Waals surface area contributed by atoms with E-state index in [9.17, 15) is 0 Å². The summed E-state index contributed by atoms with van der Waals surface area (Å²) in [6.45, 7) is 0. The van der Waals surface area contributed by atoms with Crippen LogP contribution in [0.15, 0.2) is 53.3 Å². The van der Waals surface area contributed by atoms with Gasteiger partial charge < -0.3 is 5.73 Å². The monoisotopic (exact) mass is 287 g/mol. The first-order valence-corrected chi connectivity index (χ1v) is 6.02. The van der Waals surface area contributed by atoms with Gasteiger partial charge in [0.2, 0.25) is 0 Å². The van der Waals surface area contributed by atoms with Gasteiger partial charge in [-0.3, -0.25) is 4.40 Å². The molecule has 3 rings (SSSR count). The number of pyridine rings is 1. The molecular formula is C13H10BrN3. The maximum atomic E-state index is 5.74. The highest BCUT2D eigenvalue weighted by Crippen LogP contribution is 2.22. The van der Waals surface area contributed by atoms with Gasteiger partial charge >= 0.3 is 0 Å². The van der Waals surface area contributed by atoms with E-state index in [-0.39, 0.29) is 0 Å². The smallest absolute Gasteiger partial charge is 0.144 e. The molecule has 0 saturated heterocycles. The second-order valence-electron chi connectivity index (χ2n) is 3.84. The molecule has 0 radical (unpaired) electrons.